The number of ether oxygens (including phenoxy) is 2. The van der Waals surface area contributed by atoms with Crippen LogP contribution in [0.25, 0.3) is 0 Å². The molecule has 18 heavy (non-hydrogen) atoms. The van der Waals surface area contributed by atoms with Crippen LogP contribution >= 0.6 is 11.8 Å². The predicted molar refractivity (Wildman–Crippen MR) is 76.3 cm³/mol. The van der Waals surface area contributed by atoms with E-state index in [2.05, 4.69) is 20.8 Å². The lowest BCUT2D eigenvalue weighted by molar-refractivity contribution is 0.174. The summed E-state index contributed by atoms with van der Waals surface area (Å²) >= 11 is 1.92. The molecule has 2 N–H and O–H groups in total. The topological polar surface area (TPSA) is 44.5 Å². The highest BCUT2D eigenvalue weighted by Crippen LogP contribution is 2.34. The minimum atomic E-state index is 0.0469. The molecule has 1 aromatic carbocycles. The number of nitrogens with two attached hydrogens (primary N) is 1. The van der Waals surface area contributed by atoms with Crippen LogP contribution < -0.4 is 15.2 Å². The molecule has 1 aliphatic heterocycles. The third-order valence-electron chi connectivity index (χ3n) is 3.30. The Morgan fingerprint density at radius 3 is 2.67 bits per heavy atom. The van der Waals surface area contributed by atoms with Gasteiger partial charge in [-0.05, 0) is 23.6 Å². The summed E-state index contributed by atoms with van der Waals surface area (Å²) in [5, 5.41) is 0.630. The van der Waals surface area contributed by atoms with Crippen molar-refractivity contribution in [2.45, 2.75) is 32.1 Å². The fourth-order valence-electron chi connectivity index (χ4n) is 1.69. The van der Waals surface area contributed by atoms with E-state index in [1.807, 2.05) is 30.0 Å². The van der Waals surface area contributed by atoms with Crippen LogP contribution in [-0.4, -0.2) is 17.8 Å². The molecule has 100 valence electrons. The summed E-state index contributed by atoms with van der Waals surface area (Å²) < 4.78 is 10.7. The van der Waals surface area contributed by atoms with Gasteiger partial charge in [-0.3, -0.25) is 0 Å². The SMILES string of the molecule is CC(C)C(C)SCC(N)c1ccc2c(c1)OCO2. The second-order valence-electron chi connectivity index (χ2n) is 5.00. The Morgan fingerprint density at radius 1 is 1.22 bits per heavy atom. The molecule has 0 bridgehead atoms. The Balaban J connectivity index is 1.95. The molecule has 2 unspecified atom stereocenters. The van der Waals surface area contributed by atoms with Crippen molar-refractivity contribution in [3.05, 3.63) is 23.8 Å². The first kappa shape index (κ1) is 13.6. The molecule has 1 heterocycles. The largest absolute Gasteiger partial charge is 0.454 e. The van der Waals surface area contributed by atoms with Gasteiger partial charge in [-0.25, -0.2) is 0 Å². The first-order valence-electron chi connectivity index (χ1n) is 6.34. The van der Waals surface area contributed by atoms with Crippen LogP contribution in [-0.2, 0) is 0 Å². The highest BCUT2D eigenvalue weighted by molar-refractivity contribution is 7.99. The third-order valence-corrected chi connectivity index (χ3v) is 4.92. The number of fused-ring (bicyclic) bond motifs is 1. The molecule has 0 aromatic heterocycles. The minimum absolute atomic E-state index is 0.0469. The van der Waals surface area contributed by atoms with Crippen molar-refractivity contribution in [2.24, 2.45) is 11.7 Å². The molecule has 0 radical (unpaired) electrons. The second kappa shape index (κ2) is 5.85. The molecule has 0 amide bonds. The van der Waals surface area contributed by atoms with E-state index in [1.165, 1.54) is 0 Å². The van der Waals surface area contributed by atoms with E-state index >= 15 is 0 Å². The summed E-state index contributed by atoms with van der Waals surface area (Å²) in [7, 11) is 0. The average Bonchev–Trinajstić information content (AvgIpc) is 2.82. The number of hydrogen-bond donors (Lipinski definition) is 1. The van der Waals surface area contributed by atoms with Gasteiger partial charge >= 0.3 is 0 Å². The van der Waals surface area contributed by atoms with Gasteiger partial charge in [0.25, 0.3) is 0 Å². The van der Waals surface area contributed by atoms with E-state index in [-0.39, 0.29) is 6.04 Å². The lowest BCUT2D eigenvalue weighted by Gasteiger charge is -2.18. The average molecular weight is 267 g/mol. The van der Waals surface area contributed by atoms with Crippen molar-refractivity contribution >= 4 is 11.8 Å². The maximum atomic E-state index is 6.22. The highest BCUT2D eigenvalue weighted by Gasteiger charge is 2.17. The summed E-state index contributed by atoms with van der Waals surface area (Å²) in [6.45, 7) is 7.04. The van der Waals surface area contributed by atoms with Crippen molar-refractivity contribution in [1.82, 2.24) is 0 Å². The molecule has 0 saturated carbocycles. The molecule has 1 aliphatic rings. The zero-order valence-electron chi connectivity index (χ0n) is 11.2. The van der Waals surface area contributed by atoms with E-state index in [0.717, 1.165) is 22.8 Å². The van der Waals surface area contributed by atoms with E-state index in [9.17, 15) is 0 Å². The lowest BCUT2D eigenvalue weighted by Crippen LogP contribution is -2.16. The summed E-state index contributed by atoms with van der Waals surface area (Å²) in [6, 6.07) is 6.01. The lowest BCUT2D eigenvalue weighted by atomic mass is 10.1. The smallest absolute Gasteiger partial charge is 0.231 e. The van der Waals surface area contributed by atoms with Crippen LogP contribution in [0.4, 0.5) is 0 Å². The first-order chi connectivity index (χ1) is 8.58. The highest BCUT2D eigenvalue weighted by atomic mass is 32.2. The van der Waals surface area contributed by atoms with Crippen LogP contribution in [0.5, 0.6) is 11.5 Å². The van der Waals surface area contributed by atoms with Gasteiger partial charge < -0.3 is 15.2 Å². The molecule has 1 aromatic rings. The van der Waals surface area contributed by atoms with Gasteiger partial charge in [0.15, 0.2) is 11.5 Å². The van der Waals surface area contributed by atoms with Crippen LogP contribution in [0.1, 0.15) is 32.4 Å². The van der Waals surface area contributed by atoms with Crippen molar-refractivity contribution in [3.63, 3.8) is 0 Å². The van der Waals surface area contributed by atoms with Crippen molar-refractivity contribution in [1.29, 1.82) is 0 Å². The molecule has 0 fully saturated rings. The summed E-state index contributed by atoms with van der Waals surface area (Å²) in [6.07, 6.45) is 0. The van der Waals surface area contributed by atoms with Gasteiger partial charge in [0, 0.05) is 17.0 Å². The standard InChI is InChI=1S/C14H21NO2S/c1-9(2)10(3)18-7-12(15)11-4-5-13-14(6-11)17-8-16-13/h4-6,9-10,12H,7-8,15H2,1-3H3. The van der Waals surface area contributed by atoms with Crippen LogP contribution in [0.2, 0.25) is 0 Å². The number of hydrogen-bond acceptors (Lipinski definition) is 4. The zero-order chi connectivity index (χ0) is 13.1. The zero-order valence-corrected chi connectivity index (χ0v) is 12.0. The molecular formula is C14H21NO2S. The fourth-order valence-corrected chi connectivity index (χ4v) is 2.78. The van der Waals surface area contributed by atoms with Crippen LogP contribution in [0.15, 0.2) is 18.2 Å². The van der Waals surface area contributed by atoms with Gasteiger partial charge in [0.2, 0.25) is 6.79 Å². The normalized spacial score (nSPS) is 16.9. The monoisotopic (exact) mass is 267 g/mol. The van der Waals surface area contributed by atoms with Gasteiger partial charge in [0.1, 0.15) is 0 Å². The molecule has 3 nitrogen and oxygen atoms in total. The van der Waals surface area contributed by atoms with Crippen molar-refractivity contribution in [3.8, 4) is 11.5 Å². The summed E-state index contributed by atoms with van der Waals surface area (Å²) in [5.41, 5.74) is 7.33. The molecular weight excluding hydrogens is 246 g/mol. The van der Waals surface area contributed by atoms with Crippen LogP contribution in [0, 0.1) is 5.92 Å². The Morgan fingerprint density at radius 2 is 1.94 bits per heavy atom. The van der Waals surface area contributed by atoms with Gasteiger partial charge in [0.05, 0.1) is 0 Å². The van der Waals surface area contributed by atoms with Crippen molar-refractivity contribution in [2.75, 3.05) is 12.5 Å². The molecule has 2 atom stereocenters. The maximum absolute atomic E-state index is 6.22. The molecule has 0 aliphatic carbocycles. The van der Waals surface area contributed by atoms with Crippen LogP contribution in [0.3, 0.4) is 0 Å². The first-order valence-corrected chi connectivity index (χ1v) is 7.39. The Labute approximate surface area is 113 Å². The molecule has 2 rings (SSSR count). The molecule has 0 spiro atoms. The number of benzene rings is 1. The summed E-state index contributed by atoms with van der Waals surface area (Å²) in [5.74, 6) is 3.23. The number of rotatable bonds is 5. The van der Waals surface area contributed by atoms with E-state index in [0.29, 0.717) is 18.0 Å². The fraction of sp³-hybridized carbons (Fsp3) is 0.571. The number of thioether (sulfide) groups is 1. The second-order valence-corrected chi connectivity index (χ2v) is 6.41. The molecule has 4 heteroatoms. The Kier molecular flexibility index (Phi) is 4.40. The summed E-state index contributed by atoms with van der Waals surface area (Å²) in [4.78, 5) is 0. The van der Waals surface area contributed by atoms with Gasteiger partial charge in [-0.2, -0.15) is 11.8 Å². The maximum Gasteiger partial charge on any atom is 0.231 e. The Bertz CT molecular complexity index is 409. The predicted octanol–water partition coefficient (Wildman–Crippen LogP) is 3.19. The van der Waals surface area contributed by atoms with E-state index in [1.54, 1.807) is 0 Å². The van der Waals surface area contributed by atoms with Crippen molar-refractivity contribution < 1.29 is 9.47 Å². The van der Waals surface area contributed by atoms with E-state index < -0.39 is 0 Å². The quantitative estimate of drug-likeness (QED) is 0.890. The van der Waals surface area contributed by atoms with Gasteiger partial charge in [-0.15, -0.1) is 0 Å². The van der Waals surface area contributed by atoms with Gasteiger partial charge in [-0.1, -0.05) is 26.8 Å². The third kappa shape index (κ3) is 3.12. The molecule has 0 saturated heterocycles. The minimum Gasteiger partial charge on any atom is -0.454 e. The van der Waals surface area contributed by atoms with E-state index in [4.69, 9.17) is 15.2 Å². The Hall–Kier alpha value is -0.870.